The lowest BCUT2D eigenvalue weighted by Crippen LogP contribution is -2.69. The fourth-order valence-corrected chi connectivity index (χ4v) is 5.39. The largest absolute Gasteiger partial charge is 0.394 e. The second-order valence-corrected chi connectivity index (χ2v) is 10.1. The summed E-state index contributed by atoms with van der Waals surface area (Å²) < 4.78 is 44.0. The van der Waals surface area contributed by atoms with Crippen molar-refractivity contribution in [3.8, 4) is 0 Å². The van der Waals surface area contributed by atoms with E-state index >= 15 is 0 Å². The molecule has 0 radical (unpaired) electrons. The SMILES string of the molecule is CNC1C(O[C@H]2OC(CO)[C@@H](N)CC2O)O[C@H]2CC(N)[C@@H](O[C@@H]3C(N)C[C@@H](N)C(O)[C@H]3F)OC2C1O. The predicted molar refractivity (Wildman–Crippen MR) is 121 cm³/mol. The maximum Gasteiger partial charge on any atom is 0.187 e. The lowest BCUT2D eigenvalue weighted by Gasteiger charge is -2.51. The van der Waals surface area contributed by atoms with Gasteiger partial charge in [0.2, 0.25) is 0 Å². The first-order chi connectivity index (χ1) is 17.0. The molecular formula is C21H40FN5O9. The Labute approximate surface area is 208 Å². The van der Waals surface area contributed by atoms with Gasteiger partial charge in [0.15, 0.2) is 25.0 Å². The van der Waals surface area contributed by atoms with E-state index in [1.807, 2.05) is 0 Å². The summed E-state index contributed by atoms with van der Waals surface area (Å²) in [6.07, 6.45) is -11.9. The Balaban J connectivity index is 1.42. The molecule has 0 aromatic heterocycles. The maximum atomic E-state index is 14.7. The molecule has 1 saturated carbocycles. The number of likely N-dealkylation sites (N-methyl/N-ethyl adjacent to an activating group) is 1. The molecular weight excluding hydrogens is 485 g/mol. The first-order valence-corrected chi connectivity index (χ1v) is 12.3. The Morgan fingerprint density at radius 2 is 1.56 bits per heavy atom. The number of halogens is 1. The molecule has 210 valence electrons. The predicted octanol–water partition coefficient (Wildman–Crippen LogP) is -4.94. The van der Waals surface area contributed by atoms with E-state index < -0.39 is 98.0 Å². The number of rotatable bonds is 6. The second-order valence-electron chi connectivity index (χ2n) is 10.1. The Bertz CT molecular complexity index is 731. The standard InChI is InChI=1S/C21H40FN5O9/c1-27-14-16(31)18-11(32-21(14)36-20-10(29)3-6(23)12(5-28)33-20)4-9(26)19(35-18)34-17-8(25)2-7(24)15(30)13(17)22/h6-21,27-31H,2-5,23-26H2,1H3/t6-,7+,8?,9?,10?,11-,12?,13+,14?,15?,16?,17+,18?,19-,20+,21?/m0/s1. The quantitative estimate of drug-likeness (QED) is 0.158. The fourth-order valence-electron chi connectivity index (χ4n) is 5.39. The fraction of sp³-hybridized carbons (Fsp3) is 1.00. The first-order valence-electron chi connectivity index (χ1n) is 12.3. The molecule has 36 heavy (non-hydrogen) atoms. The highest BCUT2D eigenvalue weighted by Gasteiger charge is 2.53. The van der Waals surface area contributed by atoms with Gasteiger partial charge in [-0.3, -0.25) is 0 Å². The number of alkyl halides is 1. The van der Waals surface area contributed by atoms with Gasteiger partial charge >= 0.3 is 0 Å². The first kappa shape index (κ1) is 28.4. The summed E-state index contributed by atoms with van der Waals surface area (Å²) in [5.41, 5.74) is 23.9. The third-order valence-electron chi connectivity index (χ3n) is 7.55. The van der Waals surface area contributed by atoms with Crippen molar-refractivity contribution in [1.82, 2.24) is 5.32 Å². The van der Waals surface area contributed by atoms with Gasteiger partial charge in [-0.25, -0.2) is 4.39 Å². The molecule has 3 heterocycles. The average Bonchev–Trinajstić information content (AvgIpc) is 2.83. The molecule has 3 saturated heterocycles. The second kappa shape index (κ2) is 11.6. The third kappa shape index (κ3) is 5.55. The van der Waals surface area contributed by atoms with Gasteiger partial charge in [-0.1, -0.05) is 0 Å². The van der Waals surface area contributed by atoms with Crippen molar-refractivity contribution in [1.29, 1.82) is 0 Å². The number of hydrogen-bond acceptors (Lipinski definition) is 14. The van der Waals surface area contributed by atoms with Gasteiger partial charge in [0, 0.05) is 18.1 Å². The van der Waals surface area contributed by atoms with Gasteiger partial charge in [0.05, 0.1) is 30.9 Å². The molecule has 4 aliphatic rings. The zero-order chi connectivity index (χ0) is 26.3. The van der Waals surface area contributed by atoms with Crippen LogP contribution in [0, 0.1) is 0 Å². The van der Waals surface area contributed by atoms with E-state index in [2.05, 4.69) is 5.32 Å². The molecule has 3 aliphatic heterocycles. The van der Waals surface area contributed by atoms with Crippen molar-refractivity contribution in [2.24, 2.45) is 22.9 Å². The van der Waals surface area contributed by atoms with Crippen LogP contribution in [-0.2, 0) is 23.7 Å². The van der Waals surface area contributed by atoms with E-state index in [9.17, 15) is 24.8 Å². The Morgan fingerprint density at radius 3 is 2.22 bits per heavy atom. The lowest BCUT2D eigenvalue weighted by molar-refractivity contribution is -0.367. The van der Waals surface area contributed by atoms with Gasteiger partial charge in [0.25, 0.3) is 0 Å². The molecule has 9 unspecified atom stereocenters. The summed E-state index contributed by atoms with van der Waals surface area (Å²) in [5.74, 6) is 0. The molecule has 4 fully saturated rings. The van der Waals surface area contributed by atoms with Crippen molar-refractivity contribution in [3.05, 3.63) is 0 Å². The van der Waals surface area contributed by atoms with Gasteiger partial charge in [0.1, 0.15) is 30.5 Å². The molecule has 1 aliphatic carbocycles. The minimum absolute atomic E-state index is 0.146. The van der Waals surface area contributed by atoms with Crippen LogP contribution in [0.5, 0.6) is 0 Å². The normalized spacial score (nSPS) is 54.2. The summed E-state index contributed by atoms with van der Waals surface area (Å²) in [7, 11) is 1.58. The summed E-state index contributed by atoms with van der Waals surface area (Å²) >= 11 is 0. The van der Waals surface area contributed by atoms with Crippen LogP contribution < -0.4 is 28.3 Å². The molecule has 0 aromatic carbocycles. The number of nitrogens with two attached hydrogens (primary N) is 4. The van der Waals surface area contributed by atoms with E-state index in [0.717, 1.165) is 0 Å². The minimum Gasteiger partial charge on any atom is -0.394 e. The highest BCUT2D eigenvalue weighted by Crippen LogP contribution is 2.35. The summed E-state index contributed by atoms with van der Waals surface area (Å²) in [6, 6.07) is -3.74. The highest BCUT2D eigenvalue weighted by atomic mass is 19.1. The summed E-state index contributed by atoms with van der Waals surface area (Å²) in [5, 5.41) is 43.9. The third-order valence-corrected chi connectivity index (χ3v) is 7.55. The molecule has 15 heteroatoms. The number of ether oxygens (including phenoxy) is 5. The van der Waals surface area contributed by atoms with Crippen molar-refractivity contribution < 1.29 is 48.5 Å². The lowest BCUT2D eigenvalue weighted by atomic mass is 9.85. The van der Waals surface area contributed by atoms with Crippen molar-refractivity contribution in [2.45, 2.75) is 117 Å². The molecule has 13 N–H and O–H groups in total. The van der Waals surface area contributed by atoms with Gasteiger partial charge in [-0.2, -0.15) is 0 Å². The number of fused-ring (bicyclic) bond motifs is 1. The number of aliphatic hydroxyl groups is 4. The monoisotopic (exact) mass is 525 g/mol. The van der Waals surface area contributed by atoms with E-state index in [4.69, 9.17) is 46.6 Å². The van der Waals surface area contributed by atoms with Gasteiger partial charge in [-0.05, 0) is 26.3 Å². The minimum atomic E-state index is -1.83. The zero-order valence-corrected chi connectivity index (χ0v) is 20.1. The van der Waals surface area contributed by atoms with E-state index in [-0.39, 0.29) is 25.9 Å². The Morgan fingerprint density at radius 1 is 0.833 bits per heavy atom. The molecule has 0 spiro atoms. The highest BCUT2D eigenvalue weighted by molar-refractivity contribution is 5.01. The number of aliphatic hydroxyl groups excluding tert-OH is 4. The Hall–Kier alpha value is -0.630. The van der Waals surface area contributed by atoms with Crippen LogP contribution in [-0.4, -0.2) is 132 Å². The van der Waals surface area contributed by atoms with Crippen molar-refractivity contribution >= 4 is 0 Å². The molecule has 16 atom stereocenters. The summed E-state index contributed by atoms with van der Waals surface area (Å²) in [4.78, 5) is 0. The van der Waals surface area contributed by atoms with Crippen LogP contribution in [0.25, 0.3) is 0 Å². The number of nitrogens with one attached hydrogen (secondary N) is 1. The maximum absolute atomic E-state index is 14.7. The Kier molecular flexibility index (Phi) is 9.17. The molecule has 0 aromatic rings. The van der Waals surface area contributed by atoms with Crippen LogP contribution in [0.15, 0.2) is 0 Å². The van der Waals surface area contributed by atoms with Crippen LogP contribution in [0.4, 0.5) is 4.39 Å². The van der Waals surface area contributed by atoms with Gasteiger partial charge in [-0.15, -0.1) is 0 Å². The van der Waals surface area contributed by atoms with E-state index in [1.165, 1.54) is 0 Å². The van der Waals surface area contributed by atoms with Gasteiger partial charge < -0.3 is 72.4 Å². The average molecular weight is 526 g/mol. The molecule has 14 nitrogen and oxygen atoms in total. The topological polar surface area (TPSA) is 243 Å². The molecule has 0 bridgehead atoms. The zero-order valence-electron chi connectivity index (χ0n) is 20.1. The van der Waals surface area contributed by atoms with Crippen LogP contribution in [0.2, 0.25) is 0 Å². The molecule has 4 rings (SSSR count). The van der Waals surface area contributed by atoms with E-state index in [0.29, 0.717) is 0 Å². The van der Waals surface area contributed by atoms with Crippen LogP contribution >= 0.6 is 0 Å². The van der Waals surface area contributed by atoms with E-state index in [1.54, 1.807) is 7.05 Å². The van der Waals surface area contributed by atoms with Crippen LogP contribution in [0.3, 0.4) is 0 Å². The molecule has 0 amide bonds. The van der Waals surface area contributed by atoms with Crippen molar-refractivity contribution in [2.75, 3.05) is 13.7 Å². The van der Waals surface area contributed by atoms with Crippen molar-refractivity contribution in [3.63, 3.8) is 0 Å². The summed E-state index contributed by atoms with van der Waals surface area (Å²) in [6.45, 7) is -0.348. The smallest absolute Gasteiger partial charge is 0.187 e. The van der Waals surface area contributed by atoms with Crippen LogP contribution in [0.1, 0.15) is 19.3 Å². The number of hydrogen-bond donors (Lipinski definition) is 9.